The zero-order chi connectivity index (χ0) is 13.1. The Kier molecular flexibility index (Phi) is 3.87. The summed E-state index contributed by atoms with van der Waals surface area (Å²) in [6, 6.07) is 5.75. The van der Waals surface area contributed by atoms with Gasteiger partial charge in [-0.15, -0.1) is 0 Å². The van der Waals surface area contributed by atoms with E-state index in [0.29, 0.717) is 11.3 Å². The van der Waals surface area contributed by atoms with Crippen molar-refractivity contribution in [3.8, 4) is 0 Å². The monoisotopic (exact) mass is 247 g/mol. The summed E-state index contributed by atoms with van der Waals surface area (Å²) in [6.45, 7) is 4.02. The van der Waals surface area contributed by atoms with E-state index in [0.717, 1.165) is 31.5 Å². The standard InChI is InChI=1S/C14H21N3O/c1-10-3-4-11(9-13(10)15)14(18)16-12-5-7-17(2)8-6-12/h3-4,9,12H,5-8,15H2,1-2H3,(H,16,18). The molecule has 0 bridgehead atoms. The van der Waals surface area contributed by atoms with Crippen molar-refractivity contribution in [2.75, 3.05) is 25.9 Å². The number of likely N-dealkylation sites (tertiary alicyclic amines) is 1. The second-order valence-corrected chi connectivity index (χ2v) is 5.12. The Hall–Kier alpha value is -1.55. The molecule has 18 heavy (non-hydrogen) atoms. The predicted octanol–water partition coefficient (Wildman–Crippen LogP) is 1.40. The number of hydrogen-bond donors (Lipinski definition) is 2. The number of nitrogens with zero attached hydrogens (tertiary/aromatic N) is 1. The highest BCUT2D eigenvalue weighted by Crippen LogP contribution is 2.14. The lowest BCUT2D eigenvalue weighted by Gasteiger charge is -2.29. The summed E-state index contributed by atoms with van der Waals surface area (Å²) in [5.74, 6) is -0.0174. The normalized spacial score (nSPS) is 17.7. The molecule has 1 aliphatic rings. The molecule has 1 aromatic rings. The van der Waals surface area contributed by atoms with Crippen LogP contribution in [0.4, 0.5) is 5.69 Å². The summed E-state index contributed by atoms with van der Waals surface area (Å²) in [5, 5.41) is 3.08. The van der Waals surface area contributed by atoms with E-state index in [4.69, 9.17) is 5.73 Å². The minimum Gasteiger partial charge on any atom is -0.398 e. The lowest BCUT2D eigenvalue weighted by molar-refractivity contribution is 0.0917. The fraction of sp³-hybridized carbons (Fsp3) is 0.500. The van der Waals surface area contributed by atoms with Gasteiger partial charge in [-0.3, -0.25) is 4.79 Å². The van der Waals surface area contributed by atoms with Crippen molar-refractivity contribution in [1.82, 2.24) is 10.2 Å². The maximum Gasteiger partial charge on any atom is 0.251 e. The van der Waals surface area contributed by atoms with E-state index >= 15 is 0 Å². The average Bonchev–Trinajstić information content (AvgIpc) is 2.35. The topological polar surface area (TPSA) is 58.4 Å². The quantitative estimate of drug-likeness (QED) is 0.777. The van der Waals surface area contributed by atoms with Gasteiger partial charge in [0.05, 0.1) is 0 Å². The number of aryl methyl sites for hydroxylation is 1. The van der Waals surface area contributed by atoms with Crippen LogP contribution in [-0.4, -0.2) is 37.0 Å². The molecular weight excluding hydrogens is 226 g/mol. The molecule has 1 aliphatic heterocycles. The van der Waals surface area contributed by atoms with Crippen molar-refractivity contribution < 1.29 is 4.79 Å². The molecule has 3 N–H and O–H groups in total. The van der Waals surface area contributed by atoms with Crippen molar-refractivity contribution in [3.05, 3.63) is 29.3 Å². The van der Waals surface area contributed by atoms with Crippen LogP contribution in [0, 0.1) is 6.92 Å². The molecule has 1 heterocycles. The first-order valence-corrected chi connectivity index (χ1v) is 6.42. The van der Waals surface area contributed by atoms with Crippen molar-refractivity contribution in [3.63, 3.8) is 0 Å². The first-order valence-electron chi connectivity index (χ1n) is 6.42. The number of benzene rings is 1. The molecule has 4 nitrogen and oxygen atoms in total. The van der Waals surface area contributed by atoms with Crippen LogP contribution in [0.25, 0.3) is 0 Å². The van der Waals surface area contributed by atoms with E-state index in [1.807, 2.05) is 19.1 Å². The van der Waals surface area contributed by atoms with Crippen LogP contribution in [-0.2, 0) is 0 Å². The number of nitrogens with one attached hydrogen (secondary N) is 1. The number of carbonyl (C=O) groups is 1. The number of carbonyl (C=O) groups excluding carboxylic acids is 1. The number of rotatable bonds is 2. The Balaban J connectivity index is 1.97. The van der Waals surface area contributed by atoms with E-state index < -0.39 is 0 Å². The van der Waals surface area contributed by atoms with E-state index in [1.54, 1.807) is 6.07 Å². The third kappa shape index (κ3) is 3.01. The number of anilines is 1. The summed E-state index contributed by atoms with van der Waals surface area (Å²) >= 11 is 0. The molecule has 0 spiro atoms. The summed E-state index contributed by atoms with van der Waals surface area (Å²) in [5.41, 5.74) is 8.15. The van der Waals surface area contributed by atoms with Crippen LogP contribution in [0.2, 0.25) is 0 Å². The number of nitrogens with two attached hydrogens (primary N) is 1. The highest BCUT2D eigenvalue weighted by Gasteiger charge is 2.19. The molecule has 0 saturated carbocycles. The number of piperidine rings is 1. The van der Waals surface area contributed by atoms with Crippen molar-refractivity contribution in [2.45, 2.75) is 25.8 Å². The lowest BCUT2D eigenvalue weighted by atomic mass is 10.0. The van der Waals surface area contributed by atoms with Crippen LogP contribution in [0.15, 0.2) is 18.2 Å². The van der Waals surface area contributed by atoms with Crippen molar-refractivity contribution in [1.29, 1.82) is 0 Å². The van der Waals surface area contributed by atoms with Crippen molar-refractivity contribution in [2.24, 2.45) is 0 Å². The maximum absolute atomic E-state index is 12.1. The maximum atomic E-state index is 12.1. The summed E-state index contributed by atoms with van der Waals surface area (Å²) in [6.07, 6.45) is 2.03. The molecular formula is C14H21N3O. The molecule has 4 heteroatoms. The fourth-order valence-corrected chi connectivity index (χ4v) is 2.20. The molecule has 2 rings (SSSR count). The van der Waals surface area contributed by atoms with Gasteiger partial charge in [0.25, 0.3) is 5.91 Å². The molecule has 0 aliphatic carbocycles. The predicted molar refractivity (Wildman–Crippen MR) is 73.6 cm³/mol. The number of amides is 1. The first kappa shape index (κ1) is 12.9. The van der Waals surface area contributed by atoms with Crippen molar-refractivity contribution >= 4 is 11.6 Å². The summed E-state index contributed by atoms with van der Waals surface area (Å²) in [7, 11) is 2.11. The number of hydrogen-bond acceptors (Lipinski definition) is 3. The van der Waals surface area contributed by atoms with Crippen LogP contribution in [0.1, 0.15) is 28.8 Å². The molecule has 0 atom stereocenters. The molecule has 0 unspecified atom stereocenters. The van der Waals surface area contributed by atoms with Gasteiger partial charge >= 0.3 is 0 Å². The third-order valence-electron chi connectivity index (χ3n) is 3.60. The molecule has 1 saturated heterocycles. The van der Waals surface area contributed by atoms with E-state index in [1.165, 1.54) is 0 Å². The lowest BCUT2D eigenvalue weighted by Crippen LogP contribution is -2.43. The van der Waals surface area contributed by atoms with Gasteiger partial charge in [0.2, 0.25) is 0 Å². The Labute approximate surface area is 108 Å². The second kappa shape index (κ2) is 5.40. The number of nitrogen functional groups attached to an aromatic ring is 1. The first-order chi connectivity index (χ1) is 8.56. The summed E-state index contributed by atoms with van der Waals surface area (Å²) < 4.78 is 0. The van der Waals surface area contributed by atoms with Gasteiger partial charge in [0, 0.05) is 17.3 Å². The fourth-order valence-electron chi connectivity index (χ4n) is 2.20. The minimum atomic E-state index is -0.0174. The van der Waals surface area contributed by atoms with Crippen LogP contribution in [0.5, 0.6) is 0 Å². The molecule has 1 fully saturated rings. The van der Waals surface area contributed by atoms with Gasteiger partial charge in [-0.2, -0.15) is 0 Å². The van der Waals surface area contributed by atoms with Gasteiger partial charge in [-0.1, -0.05) is 6.07 Å². The van der Waals surface area contributed by atoms with E-state index in [2.05, 4.69) is 17.3 Å². The largest absolute Gasteiger partial charge is 0.398 e. The Morgan fingerprint density at radius 3 is 2.67 bits per heavy atom. The molecule has 98 valence electrons. The molecule has 1 aromatic carbocycles. The van der Waals surface area contributed by atoms with Crippen LogP contribution in [0.3, 0.4) is 0 Å². The van der Waals surface area contributed by atoms with Gasteiger partial charge in [-0.25, -0.2) is 0 Å². The Morgan fingerprint density at radius 2 is 2.06 bits per heavy atom. The minimum absolute atomic E-state index is 0.0174. The van der Waals surface area contributed by atoms with Crippen LogP contribution >= 0.6 is 0 Å². The zero-order valence-corrected chi connectivity index (χ0v) is 11.1. The van der Waals surface area contributed by atoms with Crippen LogP contribution < -0.4 is 11.1 Å². The summed E-state index contributed by atoms with van der Waals surface area (Å²) in [4.78, 5) is 14.4. The zero-order valence-electron chi connectivity index (χ0n) is 11.1. The average molecular weight is 247 g/mol. The molecule has 0 aromatic heterocycles. The Morgan fingerprint density at radius 1 is 1.39 bits per heavy atom. The van der Waals surface area contributed by atoms with Gasteiger partial charge < -0.3 is 16.0 Å². The van der Waals surface area contributed by atoms with Gasteiger partial charge in [-0.05, 0) is 57.6 Å². The second-order valence-electron chi connectivity index (χ2n) is 5.12. The SMILES string of the molecule is Cc1ccc(C(=O)NC2CCN(C)CC2)cc1N. The van der Waals surface area contributed by atoms with Gasteiger partial charge in [0.15, 0.2) is 0 Å². The van der Waals surface area contributed by atoms with E-state index in [-0.39, 0.29) is 11.9 Å². The van der Waals surface area contributed by atoms with E-state index in [9.17, 15) is 4.79 Å². The molecule has 0 radical (unpaired) electrons. The Bertz CT molecular complexity index is 437. The highest BCUT2D eigenvalue weighted by molar-refractivity contribution is 5.95. The van der Waals surface area contributed by atoms with Gasteiger partial charge in [0.1, 0.15) is 0 Å². The third-order valence-corrected chi connectivity index (χ3v) is 3.60. The molecule has 1 amide bonds. The highest BCUT2D eigenvalue weighted by atomic mass is 16.1. The smallest absolute Gasteiger partial charge is 0.251 e.